The Kier molecular flexibility index (Phi) is 4.90. The molecule has 18 heavy (non-hydrogen) atoms. The van der Waals surface area contributed by atoms with Gasteiger partial charge in [-0.15, -0.1) is 0 Å². The number of nitrogens with zero attached hydrogens (tertiary/aromatic N) is 2. The first-order valence-electron chi connectivity index (χ1n) is 6.44. The molecule has 96 valence electrons. The molecule has 0 aliphatic rings. The van der Waals surface area contributed by atoms with Crippen molar-refractivity contribution in [2.75, 3.05) is 25.1 Å². The van der Waals surface area contributed by atoms with Gasteiger partial charge in [-0.1, -0.05) is 25.1 Å². The van der Waals surface area contributed by atoms with Gasteiger partial charge in [-0.3, -0.25) is 0 Å². The van der Waals surface area contributed by atoms with E-state index in [1.807, 2.05) is 18.2 Å². The second-order valence-corrected chi connectivity index (χ2v) is 4.17. The molecule has 1 heterocycles. The Balaban J connectivity index is 1.88. The van der Waals surface area contributed by atoms with Crippen LogP contribution in [0.1, 0.15) is 19.8 Å². The Morgan fingerprint density at radius 2 is 2.11 bits per heavy atom. The summed E-state index contributed by atoms with van der Waals surface area (Å²) in [6.45, 7) is 4.66. The first-order chi connectivity index (χ1) is 8.92. The Labute approximate surface area is 107 Å². The Morgan fingerprint density at radius 1 is 1.22 bits per heavy atom. The summed E-state index contributed by atoms with van der Waals surface area (Å²) in [5, 5.41) is 12.6. The highest BCUT2D eigenvalue weighted by molar-refractivity contribution is 5.90. The van der Waals surface area contributed by atoms with E-state index in [1.54, 1.807) is 6.20 Å². The second-order valence-electron chi connectivity index (χ2n) is 4.17. The highest BCUT2D eigenvalue weighted by atomic mass is 16.5. The van der Waals surface area contributed by atoms with Gasteiger partial charge in [-0.2, -0.15) is 10.2 Å². The maximum Gasteiger partial charge on any atom is 0.0950 e. The number of nitrogens with one attached hydrogen (secondary N) is 1. The van der Waals surface area contributed by atoms with Crippen molar-refractivity contribution in [2.24, 2.45) is 0 Å². The van der Waals surface area contributed by atoms with Crippen molar-refractivity contribution in [2.45, 2.75) is 19.8 Å². The van der Waals surface area contributed by atoms with E-state index in [2.05, 4.69) is 28.5 Å². The molecule has 0 bridgehead atoms. The van der Waals surface area contributed by atoms with Crippen molar-refractivity contribution < 1.29 is 4.74 Å². The Morgan fingerprint density at radius 3 is 3.00 bits per heavy atom. The summed E-state index contributed by atoms with van der Waals surface area (Å²) in [7, 11) is 0. The number of hydrogen-bond acceptors (Lipinski definition) is 4. The average Bonchev–Trinajstić information content (AvgIpc) is 2.43. The standard InChI is InChI=1S/C14H19N3O/c1-2-9-18-10-5-8-15-14-11-16-17-13-7-4-3-6-12(13)14/h3-4,6-7,11H,2,5,8-10H2,1H3,(H,15,17). The third-order valence-corrected chi connectivity index (χ3v) is 2.68. The molecule has 0 saturated carbocycles. The zero-order valence-electron chi connectivity index (χ0n) is 10.7. The van der Waals surface area contributed by atoms with Gasteiger partial charge in [0.15, 0.2) is 0 Å². The molecule has 1 aromatic heterocycles. The highest BCUT2D eigenvalue weighted by Gasteiger charge is 2.00. The smallest absolute Gasteiger partial charge is 0.0950 e. The van der Waals surface area contributed by atoms with E-state index in [-0.39, 0.29) is 0 Å². The summed E-state index contributed by atoms with van der Waals surface area (Å²) in [6.07, 6.45) is 3.85. The van der Waals surface area contributed by atoms with Gasteiger partial charge < -0.3 is 10.1 Å². The van der Waals surface area contributed by atoms with E-state index in [0.29, 0.717) is 0 Å². The molecule has 0 spiro atoms. The molecule has 2 aromatic rings. The molecule has 0 aliphatic heterocycles. The second kappa shape index (κ2) is 6.91. The predicted molar refractivity (Wildman–Crippen MR) is 73.8 cm³/mol. The summed E-state index contributed by atoms with van der Waals surface area (Å²) in [5.41, 5.74) is 1.96. The van der Waals surface area contributed by atoms with E-state index in [1.165, 1.54) is 0 Å². The fourth-order valence-electron chi connectivity index (χ4n) is 1.79. The van der Waals surface area contributed by atoms with Crippen LogP contribution in [0.3, 0.4) is 0 Å². The normalized spacial score (nSPS) is 10.7. The summed E-state index contributed by atoms with van der Waals surface area (Å²) < 4.78 is 5.44. The maximum atomic E-state index is 5.44. The number of rotatable bonds is 7. The van der Waals surface area contributed by atoms with Crippen molar-refractivity contribution in [3.05, 3.63) is 30.5 Å². The van der Waals surface area contributed by atoms with Gasteiger partial charge in [0.25, 0.3) is 0 Å². The van der Waals surface area contributed by atoms with Gasteiger partial charge >= 0.3 is 0 Å². The van der Waals surface area contributed by atoms with Gasteiger partial charge in [0, 0.05) is 25.1 Å². The number of anilines is 1. The van der Waals surface area contributed by atoms with Gasteiger partial charge in [0.2, 0.25) is 0 Å². The van der Waals surface area contributed by atoms with Crippen LogP contribution >= 0.6 is 0 Å². The molecular formula is C14H19N3O. The van der Waals surface area contributed by atoms with E-state index in [0.717, 1.165) is 49.2 Å². The fourth-order valence-corrected chi connectivity index (χ4v) is 1.79. The minimum Gasteiger partial charge on any atom is -0.383 e. The fraction of sp³-hybridized carbons (Fsp3) is 0.429. The average molecular weight is 245 g/mol. The van der Waals surface area contributed by atoms with Gasteiger partial charge in [-0.25, -0.2) is 0 Å². The number of aromatic nitrogens is 2. The monoisotopic (exact) mass is 245 g/mol. The van der Waals surface area contributed by atoms with Crippen molar-refractivity contribution >= 4 is 16.6 Å². The van der Waals surface area contributed by atoms with Crippen LogP contribution in [0.2, 0.25) is 0 Å². The molecule has 0 amide bonds. The lowest BCUT2D eigenvalue weighted by Gasteiger charge is -2.08. The predicted octanol–water partition coefficient (Wildman–Crippen LogP) is 2.86. The molecular weight excluding hydrogens is 226 g/mol. The molecule has 0 fully saturated rings. The third-order valence-electron chi connectivity index (χ3n) is 2.68. The van der Waals surface area contributed by atoms with Crippen LogP contribution in [0, 0.1) is 0 Å². The molecule has 2 rings (SSSR count). The van der Waals surface area contributed by atoms with E-state index in [9.17, 15) is 0 Å². The van der Waals surface area contributed by atoms with Crippen molar-refractivity contribution in [3.63, 3.8) is 0 Å². The summed E-state index contributed by atoms with van der Waals surface area (Å²) >= 11 is 0. The number of benzene rings is 1. The molecule has 0 saturated heterocycles. The van der Waals surface area contributed by atoms with Crippen LogP contribution in [0.15, 0.2) is 30.5 Å². The first kappa shape index (κ1) is 12.8. The molecule has 1 N–H and O–H groups in total. The lowest BCUT2D eigenvalue weighted by Crippen LogP contribution is -2.07. The van der Waals surface area contributed by atoms with E-state index < -0.39 is 0 Å². The van der Waals surface area contributed by atoms with Gasteiger partial charge in [0.1, 0.15) is 0 Å². The third kappa shape index (κ3) is 3.40. The molecule has 0 aliphatic carbocycles. The SMILES string of the molecule is CCCOCCCNc1cnnc2ccccc12. The van der Waals surface area contributed by atoms with Crippen LogP contribution in [-0.4, -0.2) is 30.0 Å². The number of ether oxygens (including phenoxy) is 1. The topological polar surface area (TPSA) is 47.0 Å². The number of hydrogen-bond donors (Lipinski definition) is 1. The molecule has 0 unspecified atom stereocenters. The van der Waals surface area contributed by atoms with Crippen LogP contribution in [0.4, 0.5) is 5.69 Å². The van der Waals surface area contributed by atoms with Gasteiger partial charge in [0.05, 0.1) is 17.4 Å². The molecule has 1 aromatic carbocycles. The maximum absolute atomic E-state index is 5.44. The molecule has 0 radical (unpaired) electrons. The summed E-state index contributed by atoms with van der Waals surface area (Å²) in [4.78, 5) is 0. The minimum atomic E-state index is 0.803. The zero-order chi connectivity index (χ0) is 12.6. The minimum absolute atomic E-state index is 0.803. The van der Waals surface area contributed by atoms with Gasteiger partial charge in [-0.05, 0) is 18.9 Å². The Hall–Kier alpha value is -1.68. The summed E-state index contributed by atoms with van der Waals surface area (Å²) in [5.74, 6) is 0. The number of fused-ring (bicyclic) bond motifs is 1. The largest absolute Gasteiger partial charge is 0.383 e. The van der Waals surface area contributed by atoms with E-state index in [4.69, 9.17) is 4.74 Å². The van der Waals surface area contributed by atoms with Crippen molar-refractivity contribution in [1.29, 1.82) is 0 Å². The van der Waals surface area contributed by atoms with Crippen molar-refractivity contribution in [1.82, 2.24) is 10.2 Å². The van der Waals surface area contributed by atoms with E-state index >= 15 is 0 Å². The van der Waals surface area contributed by atoms with Crippen LogP contribution in [0.25, 0.3) is 10.9 Å². The van der Waals surface area contributed by atoms with Crippen LogP contribution in [0.5, 0.6) is 0 Å². The van der Waals surface area contributed by atoms with Crippen molar-refractivity contribution in [3.8, 4) is 0 Å². The highest BCUT2D eigenvalue weighted by Crippen LogP contribution is 2.19. The summed E-state index contributed by atoms with van der Waals surface area (Å²) in [6, 6.07) is 8.01. The molecule has 4 heteroatoms. The molecule has 0 atom stereocenters. The van der Waals surface area contributed by atoms with Crippen LogP contribution in [-0.2, 0) is 4.74 Å². The Bertz CT molecular complexity index is 482. The first-order valence-corrected chi connectivity index (χ1v) is 6.44. The zero-order valence-corrected chi connectivity index (χ0v) is 10.7. The molecule has 4 nitrogen and oxygen atoms in total. The quantitative estimate of drug-likeness (QED) is 0.762. The lowest BCUT2D eigenvalue weighted by atomic mass is 10.2. The van der Waals surface area contributed by atoms with Crippen LogP contribution < -0.4 is 5.32 Å². The lowest BCUT2D eigenvalue weighted by molar-refractivity contribution is 0.134.